The largest absolute Gasteiger partial charge is 0.492 e. The molecule has 2 saturated heterocycles. The fraction of sp³-hybridized carbons (Fsp3) is 0.464. The summed E-state index contributed by atoms with van der Waals surface area (Å²) in [4.78, 5) is 48.1. The lowest BCUT2D eigenvalue weighted by Gasteiger charge is -2.25. The monoisotopic (exact) mass is 617 g/mol. The second kappa shape index (κ2) is 11.8. The third-order valence-corrected chi connectivity index (χ3v) is 8.00. The van der Waals surface area contributed by atoms with Crippen LogP contribution < -0.4 is 26.2 Å². The molecule has 5 heterocycles. The molecular weight excluding hydrogens is 587 g/mol. The molecule has 7 rings (SSSR count). The van der Waals surface area contributed by atoms with Gasteiger partial charge in [0.2, 0.25) is 11.8 Å². The maximum absolute atomic E-state index is 13.9. The van der Waals surface area contributed by atoms with Crippen LogP contribution in [0.4, 0.5) is 19.1 Å². The van der Waals surface area contributed by atoms with Crippen LogP contribution in [0, 0.1) is 5.92 Å². The van der Waals surface area contributed by atoms with E-state index in [1.54, 1.807) is 10.8 Å². The van der Waals surface area contributed by atoms with Gasteiger partial charge in [0, 0.05) is 31.7 Å². The maximum Gasteiger partial charge on any atom is 0.490 e. The number of alkyl halides is 3. The number of nitrogens with zero attached hydrogens (tertiary/aromatic N) is 6. The Kier molecular flexibility index (Phi) is 7.92. The summed E-state index contributed by atoms with van der Waals surface area (Å²) in [6.07, 6.45) is 0.902. The molecule has 2 N–H and O–H groups in total. The number of rotatable bonds is 8. The molecule has 4 aromatic rings. The number of carbonyl (C=O) groups is 1. The van der Waals surface area contributed by atoms with Gasteiger partial charge in [0.25, 0.3) is 5.56 Å². The van der Waals surface area contributed by atoms with Crippen molar-refractivity contribution in [1.82, 2.24) is 29.0 Å². The minimum absolute atomic E-state index is 0.0503. The predicted molar refractivity (Wildman–Crippen MR) is 150 cm³/mol. The van der Waals surface area contributed by atoms with E-state index < -0.39 is 12.1 Å². The molecule has 2 unspecified atom stereocenters. The number of ether oxygens (including phenoxy) is 1. The van der Waals surface area contributed by atoms with Crippen molar-refractivity contribution in [2.45, 2.75) is 50.6 Å². The van der Waals surface area contributed by atoms with E-state index in [9.17, 15) is 22.8 Å². The van der Waals surface area contributed by atoms with Crippen molar-refractivity contribution in [3.63, 3.8) is 0 Å². The van der Waals surface area contributed by atoms with Crippen LogP contribution in [0.5, 0.6) is 5.75 Å². The SMILES string of the molecule is O=C(O)C(F)(F)F.O=c1c2c(nc(N3CCC4CNCC43)n2Cc2ncco2)n(C2CC2)c(=O)n1CCOc1ccccc1. The molecule has 0 bridgehead atoms. The number of carboxylic acids is 1. The van der Waals surface area contributed by atoms with Gasteiger partial charge in [-0.25, -0.2) is 14.6 Å². The minimum Gasteiger partial charge on any atom is -0.492 e. The Bertz CT molecular complexity index is 1750. The Morgan fingerprint density at radius 2 is 1.86 bits per heavy atom. The molecule has 3 aliphatic rings. The quantitative estimate of drug-likeness (QED) is 0.302. The molecule has 2 atom stereocenters. The Balaban J connectivity index is 0.000000441. The first-order valence-electron chi connectivity index (χ1n) is 14.2. The van der Waals surface area contributed by atoms with E-state index in [1.807, 2.05) is 34.9 Å². The molecule has 0 radical (unpaired) electrons. The summed E-state index contributed by atoms with van der Waals surface area (Å²) in [6.45, 7) is 3.34. The molecule has 1 aromatic carbocycles. The predicted octanol–water partition coefficient (Wildman–Crippen LogP) is 2.24. The van der Waals surface area contributed by atoms with Crippen molar-refractivity contribution >= 4 is 23.1 Å². The zero-order chi connectivity index (χ0) is 31.0. The summed E-state index contributed by atoms with van der Waals surface area (Å²) in [7, 11) is 0. The number of nitrogens with one attached hydrogen (secondary N) is 1. The first-order chi connectivity index (χ1) is 21.1. The number of halogens is 3. The van der Waals surface area contributed by atoms with Crippen molar-refractivity contribution in [2.75, 3.05) is 31.1 Å². The van der Waals surface area contributed by atoms with Gasteiger partial charge in [-0.1, -0.05) is 18.2 Å². The zero-order valence-corrected chi connectivity index (χ0v) is 23.4. The zero-order valence-electron chi connectivity index (χ0n) is 23.4. The van der Waals surface area contributed by atoms with Gasteiger partial charge in [-0.05, 0) is 37.3 Å². The molecule has 234 valence electrons. The first-order valence-corrected chi connectivity index (χ1v) is 14.2. The summed E-state index contributed by atoms with van der Waals surface area (Å²) in [6, 6.07) is 9.76. The van der Waals surface area contributed by atoms with Gasteiger partial charge in [0.05, 0.1) is 12.7 Å². The van der Waals surface area contributed by atoms with E-state index in [1.165, 1.54) is 10.8 Å². The van der Waals surface area contributed by atoms with Crippen LogP contribution in [-0.2, 0) is 17.9 Å². The molecule has 3 fully saturated rings. The number of benzene rings is 1. The number of para-hydroxylation sites is 1. The van der Waals surface area contributed by atoms with Crippen molar-refractivity contribution in [1.29, 1.82) is 0 Å². The van der Waals surface area contributed by atoms with Crippen molar-refractivity contribution < 1.29 is 32.2 Å². The lowest BCUT2D eigenvalue weighted by atomic mass is 10.1. The highest BCUT2D eigenvalue weighted by Gasteiger charge is 2.41. The van der Waals surface area contributed by atoms with Gasteiger partial charge < -0.3 is 24.5 Å². The minimum atomic E-state index is -5.08. The lowest BCUT2D eigenvalue weighted by Crippen LogP contribution is -2.41. The smallest absolute Gasteiger partial charge is 0.490 e. The van der Waals surface area contributed by atoms with E-state index in [0.717, 1.165) is 38.9 Å². The third kappa shape index (κ3) is 5.80. The van der Waals surface area contributed by atoms with Gasteiger partial charge in [-0.3, -0.25) is 18.5 Å². The molecule has 1 saturated carbocycles. The fourth-order valence-electron chi connectivity index (χ4n) is 5.81. The Hall–Kier alpha value is -4.60. The number of aromatic nitrogens is 5. The van der Waals surface area contributed by atoms with Crippen molar-refractivity contribution in [3.05, 3.63) is 69.5 Å². The molecule has 16 heteroatoms. The maximum atomic E-state index is 13.9. The van der Waals surface area contributed by atoms with Crippen LogP contribution >= 0.6 is 0 Å². The normalized spacial score (nSPS) is 19.6. The highest BCUT2D eigenvalue weighted by Crippen LogP contribution is 2.37. The topological polar surface area (TPSA) is 150 Å². The molecular formula is C28H30F3N7O6. The Morgan fingerprint density at radius 3 is 2.52 bits per heavy atom. The number of fused-ring (bicyclic) bond motifs is 2. The number of imidazole rings is 1. The second-order valence-corrected chi connectivity index (χ2v) is 10.9. The standard InChI is InChI=1S/C26H29N7O4.C2HF3O2/c34-24-22-23(33(18-6-7-18)26(35)31(24)11-13-36-19-4-2-1-3-5-19)29-25(32(22)16-21-28-9-12-37-21)30-10-8-17-14-27-15-20(17)30;3-2(4,5)1(6)7/h1-5,9,12,17-18,20,27H,6-8,10-11,13-16H2;(H,6,7). The van der Waals surface area contributed by atoms with E-state index in [-0.39, 0.29) is 37.0 Å². The average Bonchev–Trinajstić information content (AvgIpc) is 3.34. The van der Waals surface area contributed by atoms with Gasteiger partial charge in [0.15, 0.2) is 11.2 Å². The summed E-state index contributed by atoms with van der Waals surface area (Å²) in [5.74, 6) is -0.319. The summed E-state index contributed by atoms with van der Waals surface area (Å²) < 4.78 is 48.0. The molecule has 2 aliphatic heterocycles. The number of oxazole rings is 1. The van der Waals surface area contributed by atoms with E-state index in [2.05, 4.69) is 15.2 Å². The molecule has 0 amide bonds. The molecule has 44 heavy (non-hydrogen) atoms. The van der Waals surface area contributed by atoms with Crippen LogP contribution in [0.1, 0.15) is 31.2 Å². The Morgan fingerprint density at radius 1 is 1.11 bits per heavy atom. The number of aliphatic carboxylic acids is 1. The second-order valence-electron chi connectivity index (χ2n) is 10.9. The van der Waals surface area contributed by atoms with E-state index in [0.29, 0.717) is 40.7 Å². The molecule has 1 aliphatic carbocycles. The number of carboxylic acid groups (broad SMARTS) is 1. The summed E-state index contributed by atoms with van der Waals surface area (Å²) in [5.41, 5.74) is 0.174. The highest BCUT2D eigenvalue weighted by atomic mass is 19.4. The van der Waals surface area contributed by atoms with Crippen LogP contribution in [0.15, 0.2) is 56.8 Å². The number of anilines is 1. The van der Waals surface area contributed by atoms with Gasteiger partial charge in [0.1, 0.15) is 25.2 Å². The Labute approximate surface area is 247 Å². The van der Waals surface area contributed by atoms with Crippen molar-refractivity contribution in [2.24, 2.45) is 5.92 Å². The first kappa shape index (κ1) is 29.5. The van der Waals surface area contributed by atoms with Gasteiger partial charge in [-0.15, -0.1) is 0 Å². The summed E-state index contributed by atoms with van der Waals surface area (Å²) in [5, 5.41) is 10.6. The number of hydrogen-bond acceptors (Lipinski definition) is 9. The summed E-state index contributed by atoms with van der Waals surface area (Å²) >= 11 is 0. The van der Waals surface area contributed by atoms with Crippen LogP contribution in [0.3, 0.4) is 0 Å². The lowest BCUT2D eigenvalue weighted by molar-refractivity contribution is -0.192. The third-order valence-electron chi connectivity index (χ3n) is 8.00. The van der Waals surface area contributed by atoms with Crippen LogP contribution in [0.2, 0.25) is 0 Å². The van der Waals surface area contributed by atoms with Gasteiger partial charge in [-0.2, -0.15) is 18.2 Å². The van der Waals surface area contributed by atoms with Crippen molar-refractivity contribution in [3.8, 4) is 5.75 Å². The van der Waals surface area contributed by atoms with Crippen LogP contribution in [0.25, 0.3) is 11.2 Å². The molecule has 3 aromatic heterocycles. The molecule has 0 spiro atoms. The van der Waals surface area contributed by atoms with E-state index >= 15 is 0 Å². The highest BCUT2D eigenvalue weighted by molar-refractivity contribution is 5.75. The average molecular weight is 618 g/mol. The fourth-order valence-corrected chi connectivity index (χ4v) is 5.81. The number of hydrogen-bond donors (Lipinski definition) is 2. The van der Waals surface area contributed by atoms with E-state index in [4.69, 9.17) is 24.0 Å². The van der Waals surface area contributed by atoms with Crippen LogP contribution in [-0.4, -0.2) is 73.2 Å². The van der Waals surface area contributed by atoms with Gasteiger partial charge >= 0.3 is 17.8 Å². The molecule has 13 nitrogen and oxygen atoms in total.